The molecule has 0 radical (unpaired) electrons. The van der Waals surface area contributed by atoms with Crippen LogP contribution in [-0.4, -0.2) is 29.9 Å². The number of rotatable bonds is 1. The van der Waals surface area contributed by atoms with Gasteiger partial charge in [0.25, 0.3) is 0 Å². The monoisotopic (exact) mass is 194 g/mol. The molecule has 78 valence electrons. The van der Waals surface area contributed by atoms with Crippen molar-refractivity contribution in [2.24, 2.45) is 11.7 Å². The van der Waals surface area contributed by atoms with Crippen LogP contribution in [0.3, 0.4) is 0 Å². The molecule has 0 saturated heterocycles. The summed E-state index contributed by atoms with van der Waals surface area (Å²) in [6.07, 6.45) is 8.22. The molecule has 0 aromatic rings. The average Bonchev–Trinajstić information content (AvgIpc) is 2.69. The number of carbonyl (C=O) groups excluding carboxylic acids is 1. The Hall–Kier alpha value is -0.830. The van der Waals surface area contributed by atoms with Gasteiger partial charge < -0.3 is 10.6 Å². The zero-order valence-corrected chi connectivity index (χ0v) is 8.48. The van der Waals surface area contributed by atoms with E-state index in [9.17, 15) is 4.79 Å². The number of carbonyl (C=O) groups is 1. The topological polar surface area (TPSA) is 46.3 Å². The van der Waals surface area contributed by atoms with E-state index in [2.05, 4.69) is 12.2 Å². The highest BCUT2D eigenvalue weighted by atomic mass is 16.2. The van der Waals surface area contributed by atoms with Crippen LogP contribution < -0.4 is 5.73 Å². The molecule has 3 heteroatoms. The highest BCUT2D eigenvalue weighted by Crippen LogP contribution is 2.25. The molecule has 1 heterocycles. The molecular weight excluding hydrogens is 176 g/mol. The summed E-state index contributed by atoms with van der Waals surface area (Å²) in [7, 11) is 0. The third-order valence-electron chi connectivity index (χ3n) is 3.19. The summed E-state index contributed by atoms with van der Waals surface area (Å²) in [5.74, 6) is 0.504. The highest BCUT2D eigenvalue weighted by Gasteiger charge is 2.28. The Morgan fingerprint density at radius 2 is 2.00 bits per heavy atom. The van der Waals surface area contributed by atoms with Gasteiger partial charge >= 0.3 is 0 Å². The van der Waals surface area contributed by atoms with Gasteiger partial charge in [0.2, 0.25) is 5.91 Å². The first-order chi connectivity index (χ1) is 6.77. The molecule has 2 rings (SSSR count). The quantitative estimate of drug-likeness (QED) is 0.630. The van der Waals surface area contributed by atoms with Gasteiger partial charge in [0.15, 0.2) is 0 Å². The number of nitrogens with two attached hydrogens (primary N) is 1. The summed E-state index contributed by atoms with van der Waals surface area (Å²) in [5.41, 5.74) is 5.88. The minimum Gasteiger partial charge on any atom is -0.335 e. The van der Waals surface area contributed by atoms with Gasteiger partial charge in [-0.2, -0.15) is 0 Å². The Morgan fingerprint density at radius 1 is 1.29 bits per heavy atom. The summed E-state index contributed by atoms with van der Waals surface area (Å²) in [4.78, 5) is 13.9. The van der Waals surface area contributed by atoms with E-state index in [0.717, 1.165) is 38.8 Å². The first-order valence-corrected chi connectivity index (χ1v) is 5.47. The maximum atomic E-state index is 12.0. The minimum absolute atomic E-state index is 0.193. The first kappa shape index (κ1) is 9.71. The van der Waals surface area contributed by atoms with Crippen LogP contribution in [0, 0.1) is 5.92 Å². The summed E-state index contributed by atoms with van der Waals surface area (Å²) >= 11 is 0. The lowest BCUT2D eigenvalue weighted by Crippen LogP contribution is -2.39. The Bertz CT molecular complexity index is 242. The number of hydrogen-bond donors (Lipinski definition) is 1. The largest absolute Gasteiger partial charge is 0.335 e. The molecule has 0 aromatic heterocycles. The van der Waals surface area contributed by atoms with Gasteiger partial charge in [-0.3, -0.25) is 4.79 Å². The maximum Gasteiger partial charge on any atom is 0.226 e. The Labute approximate surface area is 84.9 Å². The zero-order valence-electron chi connectivity index (χ0n) is 8.48. The molecule has 0 aromatic carbocycles. The van der Waals surface area contributed by atoms with Crippen LogP contribution in [0.5, 0.6) is 0 Å². The van der Waals surface area contributed by atoms with E-state index in [1.165, 1.54) is 0 Å². The van der Waals surface area contributed by atoms with Crippen LogP contribution in [0.1, 0.15) is 25.7 Å². The molecule has 2 atom stereocenters. The minimum atomic E-state index is 0.193. The van der Waals surface area contributed by atoms with Crippen molar-refractivity contribution in [3.05, 3.63) is 12.2 Å². The fraction of sp³-hybridized carbons (Fsp3) is 0.727. The normalized spacial score (nSPS) is 32.2. The molecule has 14 heavy (non-hydrogen) atoms. The summed E-state index contributed by atoms with van der Waals surface area (Å²) in [5, 5.41) is 0. The van der Waals surface area contributed by atoms with Crippen molar-refractivity contribution in [2.75, 3.05) is 13.1 Å². The number of nitrogens with zero attached hydrogens (tertiary/aromatic N) is 1. The van der Waals surface area contributed by atoms with E-state index in [4.69, 9.17) is 5.73 Å². The molecule has 0 bridgehead atoms. The van der Waals surface area contributed by atoms with Gasteiger partial charge in [-0.1, -0.05) is 18.6 Å². The van der Waals surface area contributed by atoms with Crippen molar-refractivity contribution in [1.29, 1.82) is 0 Å². The third-order valence-corrected chi connectivity index (χ3v) is 3.19. The Kier molecular flexibility index (Phi) is 2.87. The van der Waals surface area contributed by atoms with Gasteiger partial charge in [0.05, 0.1) is 0 Å². The van der Waals surface area contributed by atoms with Crippen LogP contribution in [0.4, 0.5) is 0 Å². The van der Waals surface area contributed by atoms with E-state index in [0.29, 0.717) is 5.91 Å². The van der Waals surface area contributed by atoms with Crippen LogP contribution in [0.25, 0.3) is 0 Å². The Morgan fingerprint density at radius 3 is 2.64 bits per heavy atom. The molecule has 1 aliphatic carbocycles. The van der Waals surface area contributed by atoms with Gasteiger partial charge in [0.1, 0.15) is 0 Å². The van der Waals surface area contributed by atoms with Crippen LogP contribution in [0.15, 0.2) is 12.2 Å². The van der Waals surface area contributed by atoms with E-state index in [1.54, 1.807) is 0 Å². The third kappa shape index (κ3) is 1.98. The number of hydrogen-bond acceptors (Lipinski definition) is 2. The Balaban J connectivity index is 1.90. The molecule has 1 amide bonds. The molecular formula is C11H18N2O. The van der Waals surface area contributed by atoms with Gasteiger partial charge in [-0.05, 0) is 19.3 Å². The summed E-state index contributed by atoms with van der Waals surface area (Å²) < 4.78 is 0. The predicted octanol–water partition coefficient (Wildman–Crippen LogP) is 0.902. The second kappa shape index (κ2) is 4.13. The lowest BCUT2D eigenvalue weighted by Gasteiger charge is -2.29. The summed E-state index contributed by atoms with van der Waals surface area (Å²) in [6, 6.07) is 0.244. The van der Waals surface area contributed by atoms with E-state index >= 15 is 0 Å². The van der Waals surface area contributed by atoms with E-state index in [-0.39, 0.29) is 12.0 Å². The second-order valence-corrected chi connectivity index (χ2v) is 4.34. The van der Waals surface area contributed by atoms with E-state index < -0.39 is 0 Å². The molecule has 1 fully saturated rings. The van der Waals surface area contributed by atoms with Crippen molar-refractivity contribution in [3.8, 4) is 0 Å². The number of amides is 1. The van der Waals surface area contributed by atoms with Crippen LogP contribution >= 0.6 is 0 Å². The van der Waals surface area contributed by atoms with E-state index in [1.807, 2.05) is 4.90 Å². The first-order valence-electron chi connectivity index (χ1n) is 5.47. The summed E-state index contributed by atoms with van der Waals surface area (Å²) in [6.45, 7) is 1.59. The molecule has 3 nitrogen and oxygen atoms in total. The lowest BCUT2D eigenvalue weighted by atomic mass is 9.85. The van der Waals surface area contributed by atoms with Crippen molar-refractivity contribution < 1.29 is 4.79 Å². The fourth-order valence-electron chi connectivity index (χ4n) is 2.37. The fourth-order valence-corrected chi connectivity index (χ4v) is 2.37. The molecule has 2 N–H and O–H groups in total. The molecule has 2 unspecified atom stereocenters. The molecule has 1 saturated carbocycles. The maximum absolute atomic E-state index is 12.0. The van der Waals surface area contributed by atoms with Crippen molar-refractivity contribution in [2.45, 2.75) is 31.7 Å². The molecule has 2 aliphatic rings. The smallest absolute Gasteiger partial charge is 0.226 e. The van der Waals surface area contributed by atoms with Crippen molar-refractivity contribution in [3.63, 3.8) is 0 Å². The SMILES string of the molecule is NC1CCCC(C(=O)N2CC=CC2)C1. The van der Waals surface area contributed by atoms with Crippen molar-refractivity contribution >= 4 is 5.91 Å². The highest BCUT2D eigenvalue weighted by molar-refractivity contribution is 5.79. The second-order valence-electron chi connectivity index (χ2n) is 4.34. The van der Waals surface area contributed by atoms with Crippen molar-refractivity contribution in [1.82, 2.24) is 4.90 Å². The van der Waals surface area contributed by atoms with Crippen LogP contribution in [0.2, 0.25) is 0 Å². The van der Waals surface area contributed by atoms with Gasteiger partial charge in [-0.15, -0.1) is 0 Å². The van der Waals surface area contributed by atoms with Crippen LogP contribution in [-0.2, 0) is 4.79 Å². The standard InChI is InChI=1S/C11H18N2O/c12-10-5-3-4-9(8-10)11(14)13-6-1-2-7-13/h1-2,9-10H,3-8,12H2. The molecule has 1 aliphatic heterocycles. The molecule has 0 spiro atoms. The van der Waals surface area contributed by atoms with Gasteiger partial charge in [0, 0.05) is 25.0 Å². The zero-order chi connectivity index (χ0) is 9.97. The van der Waals surface area contributed by atoms with Gasteiger partial charge in [-0.25, -0.2) is 0 Å². The lowest BCUT2D eigenvalue weighted by molar-refractivity contribution is -0.135. The average molecular weight is 194 g/mol. The predicted molar refractivity (Wildman–Crippen MR) is 55.7 cm³/mol.